The minimum atomic E-state index is -0.226. The fraction of sp³-hybridized carbons (Fsp3) is 0.333. The van der Waals surface area contributed by atoms with Crippen molar-refractivity contribution in [3.8, 4) is 0 Å². The molecule has 0 bridgehead atoms. The molecule has 0 saturated carbocycles. The van der Waals surface area contributed by atoms with Crippen LogP contribution >= 0.6 is 11.3 Å². The predicted molar refractivity (Wildman–Crippen MR) is 81.1 cm³/mol. The molecule has 2 rings (SSSR count). The van der Waals surface area contributed by atoms with E-state index in [0.717, 1.165) is 10.3 Å². The van der Waals surface area contributed by atoms with Crippen LogP contribution in [0.2, 0.25) is 0 Å². The molecule has 4 heteroatoms. The first-order valence-corrected chi connectivity index (χ1v) is 7.00. The van der Waals surface area contributed by atoms with Crippen molar-refractivity contribution < 1.29 is 4.79 Å². The number of hydrogen-bond acceptors (Lipinski definition) is 3. The van der Waals surface area contributed by atoms with Crippen LogP contribution in [0.3, 0.4) is 0 Å². The maximum absolute atomic E-state index is 12.3. The summed E-state index contributed by atoms with van der Waals surface area (Å²) in [4.78, 5) is 23.4. The fourth-order valence-electron chi connectivity index (χ4n) is 1.87. The summed E-state index contributed by atoms with van der Waals surface area (Å²) in [6.45, 7) is 7.74. The van der Waals surface area contributed by atoms with Gasteiger partial charge in [0.1, 0.15) is 0 Å². The number of anilines is 1. The highest BCUT2D eigenvalue weighted by molar-refractivity contribution is 7.16. The van der Waals surface area contributed by atoms with Gasteiger partial charge in [-0.2, -0.15) is 0 Å². The number of hydrogen-bond donors (Lipinski definition) is 1. The van der Waals surface area contributed by atoms with Gasteiger partial charge in [-0.25, -0.2) is 0 Å². The summed E-state index contributed by atoms with van der Waals surface area (Å²) in [6.07, 6.45) is 0. The Morgan fingerprint density at radius 3 is 2.53 bits per heavy atom. The number of benzene rings is 1. The first-order valence-electron chi connectivity index (χ1n) is 6.12. The van der Waals surface area contributed by atoms with Gasteiger partial charge in [0.2, 0.25) is 11.3 Å². The maximum Gasteiger partial charge on any atom is 0.221 e. The van der Waals surface area contributed by atoms with E-state index in [9.17, 15) is 9.59 Å². The molecule has 1 amide bonds. The SMILES string of the molecule is CC(=O)Nc1csc2ccc(C(C)(C)C)cc2c1=O. The van der Waals surface area contributed by atoms with Gasteiger partial charge < -0.3 is 5.32 Å². The zero-order valence-corrected chi connectivity index (χ0v) is 12.4. The van der Waals surface area contributed by atoms with E-state index in [1.165, 1.54) is 18.3 Å². The average Bonchev–Trinajstić information content (AvgIpc) is 2.31. The third kappa shape index (κ3) is 2.84. The quantitative estimate of drug-likeness (QED) is 0.865. The summed E-state index contributed by atoms with van der Waals surface area (Å²) in [5.41, 5.74) is 1.35. The fourth-order valence-corrected chi connectivity index (χ4v) is 2.71. The van der Waals surface area contributed by atoms with Gasteiger partial charge in [-0.15, -0.1) is 11.3 Å². The van der Waals surface area contributed by atoms with Crippen LogP contribution in [-0.4, -0.2) is 5.91 Å². The summed E-state index contributed by atoms with van der Waals surface area (Å²) >= 11 is 1.46. The van der Waals surface area contributed by atoms with Crippen molar-refractivity contribution in [3.63, 3.8) is 0 Å². The number of fused-ring (bicyclic) bond motifs is 1. The third-order valence-corrected chi connectivity index (χ3v) is 3.91. The molecular weight excluding hydrogens is 258 g/mol. The van der Waals surface area contributed by atoms with Crippen LogP contribution in [0, 0.1) is 0 Å². The van der Waals surface area contributed by atoms with Gasteiger partial charge in [-0.3, -0.25) is 9.59 Å². The van der Waals surface area contributed by atoms with E-state index in [1.807, 2.05) is 12.1 Å². The van der Waals surface area contributed by atoms with Crippen molar-refractivity contribution in [1.82, 2.24) is 0 Å². The Kier molecular flexibility index (Phi) is 3.45. The highest BCUT2D eigenvalue weighted by Crippen LogP contribution is 2.27. The Morgan fingerprint density at radius 1 is 1.26 bits per heavy atom. The average molecular weight is 275 g/mol. The van der Waals surface area contributed by atoms with Crippen molar-refractivity contribution in [3.05, 3.63) is 39.4 Å². The van der Waals surface area contributed by atoms with Crippen molar-refractivity contribution in [2.24, 2.45) is 0 Å². The molecule has 0 aliphatic rings. The van der Waals surface area contributed by atoms with E-state index < -0.39 is 0 Å². The van der Waals surface area contributed by atoms with Gasteiger partial charge in [0.15, 0.2) is 0 Å². The topological polar surface area (TPSA) is 46.2 Å². The first kappa shape index (κ1) is 13.7. The second-order valence-electron chi connectivity index (χ2n) is 5.62. The smallest absolute Gasteiger partial charge is 0.221 e. The van der Waals surface area contributed by atoms with Crippen LogP contribution in [0.4, 0.5) is 5.69 Å². The van der Waals surface area contributed by atoms with E-state index in [-0.39, 0.29) is 16.8 Å². The highest BCUT2D eigenvalue weighted by atomic mass is 32.1. The lowest BCUT2D eigenvalue weighted by atomic mass is 9.86. The summed E-state index contributed by atoms with van der Waals surface area (Å²) in [6, 6.07) is 5.95. The van der Waals surface area contributed by atoms with Gasteiger partial charge in [0, 0.05) is 22.4 Å². The molecule has 1 aromatic heterocycles. The molecule has 0 radical (unpaired) electrons. The minimum absolute atomic E-state index is 0.00466. The Bertz CT molecular complexity index is 695. The number of carbonyl (C=O) groups excluding carboxylic acids is 1. The van der Waals surface area contributed by atoms with Crippen LogP contribution in [0.25, 0.3) is 10.1 Å². The van der Waals surface area contributed by atoms with Crippen LogP contribution < -0.4 is 10.7 Å². The molecular formula is C15H17NO2S. The molecule has 0 aliphatic carbocycles. The molecule has 2 aromatic rings. The van der Waals surface area contributed by atoms with Gasteiger partial charge >= 0.3 is 0 Å². The summed E-state index contributed by atoms with van der Waals surface area (Å²) in [5, 5.41) is 4.95. The van der Waals surface area contributed by atoms with E-state index >= 15 is 0 Å². The Hall–Kier alpha value is -1.68. The maximum atomic E-state index is 12.3. The van der Waals surface area contributed by atoms with Crippen molar-refractivity contribution in [2.45, 2.75) is 33.1 Å². The van der Waals surface area contributed by atoms with Gasteiger partial charge in [-0.05, 0) is 23.1 Å². The number of nitrogens with one attached hydrogen (secondary N) is 1. The van der Waals surface area contributed by atoms with E-state index in [2.05, 4.69) is 32.2 Å². The highest BCUT2D eigenvalue weighted by Gasteiger charge is 2.15. The zero-order chi connectivity index (χ0) is 14.2. The van der Waals surface area contributed by atoms with Crippen LogP contribution in [0.1, 0.15) is 33.3 Å². The molecule has 1 heterocycles. The molecule has 19 heavy (non-hydrogen) atoms. The zero-order valence-electron chi connectivity index (χ0n) is 11.5. The first-order chi connectivity index (χ1) is 8.79. The molecule has 0 unspecified atom stereocenters. The summed E-state index contributed by atoms with van der Waals surface area (Å²) in [7, 11) is 0. The molecule has 100 valence electrons. The van der Waals surface area contributed by atoms with Gasteiger partial charge in [0.25, 0.3) is 0 Å². The second kappa shape index (κ2) is 4.78. The molecule has 0 atom stereocenters. The second-order valence-corrected chi connectivity index (χ2v) is 6.53. The Balaban J connectivity index is 2.66. The predicted octanol–water partition coefficient (Wildman–Crippen LogP) is 3.52. The molecule has 0 saturated heterocycles. The van der Waals surface area contributed by atoms with Crippen LogP contribution in [0.15, 0.2) is 28.4 Å². The van der Waals surface area contributed by atoms with Gasteiger partial charge in [-0.1, -0.05) is 26.8 Å². The molecule has 3 nitrogen and oxygen atoms in total. The van der Waals surface area contributed by atoms with Crippen LogP contribution in [-0.2, 0) is 10.2 Å². The van der Waals surface area contributed by atoms with E-state index in [1.54, 1.807) is 5.38 Å². The van der Waals surface area contributed by atoms with Gasteiger partial charge in [0.05, 0.1) is 5.69 Å². The molecule has 1 aromatic carbocycles. The lowest BCUT2D eigenvalue weighted by Gasteiger charge is -2.19. The van der Waals surface area contributed by atoms with E-state index in [0.29, 0.717) is 11.1 Å². The molecule has 1 N–H and O–H groups in total. The van der Waals surface area contributed by atoms with Crippen LogP contribution in [0.5, 0.6) is 0 Å². The Labute approximate surface area is 116 Å². The van der Waals surface area contributed by atoms with E-state index in [4.69, 9.17) is 0 Å². The summed E-state index contributed by atoms with van der Waals surface area (Å²) < 4.78 is 0.937. The number of carbonyl (C=O) groups is 1. The molecule has 0 spiro atoms. The number of rotatable bonds is 1. The molecule has 0 aliphatic heterocycles. The number of amides is 1. The lowest BCUT2D eigenvalue weighted by molar-refractivity contribution is -0.114. The van der Waals surface area contributed by atoms with Crippen molar-refractivity contribution in [2.75, 3.05) is 5.32 Å². The standard InChI is InChI=1S/C15H17NO2S/c1-9(17)16-12-8-19-13-6-5-10(15(2,3)4)7-11(13)14(12)18/h5-8H,1-4H3,(H,16,17). The largest absolute Gasteiger partial charge is 0.322 e. The lowest BCUT2D eigenvalue weighted by Crippen LogP contribution is -2.16. The molecule has 0 fully saturated rings. The monoisotopic (exact) mass is 275 g/mol. The summed E-state index contributed by atoms with van der Waals surface area (Å²) in [5.74, 6) is -0.226. The van der Waals surface area contributed by atoms with Crippen molar-refractivity contribution >= 4 is 33.0 Å². The van der Waals surface area contributed by atoms with Crippen molar-refractivity contribution in [1.29, 1.82) is 0 Å². The minimum Gasteiger partial charge on any atom is -0.322 e. The third-order valence-electron chi connectivity index (χ3n) is 2.95. The normalized spacial score (nSPS) is 11.6. The Morgan fingerprint density at radius 2 is 1.95 bits per heavy atom.